The monoisotopic (exact) mass is 238 g/mol. The van der Waals surface area contributed by atoms with E-state index in [0.29, 0.717) is 12.1 Å². The number of ether oxygens (including phenoxy) is 1. The van der Waals surface area contributed by atoms with Crippen LogP contribution in [0.2, 0.25) is 0 Å². The van der Waals surface area contributed by atoms with Crippen LogP contribution in [-0.4, -0.2) is 24.2 Å². The summed E-state index contributed by atoms with van der Waals surface area (Å²) in [5, 5.41) is 4.87. The number of nitrogens with zero attached hydrogens (tertiary/aromatic N) is 1. The largest absolute Gasteiger partial charge is 0.380 e. The van der Waals surface area contributed by atoms with Gasteiger partial charge in [-0.3, -0.25) is 0 Å². The highest BCUT2D eigenvalue weighted by Gasteiger charge is 2.22. The first-order valence-corrected chi connectivity index (χ1v) is 6.97. The van der Waals surface area contributed by atoms with Crippen molar-refractivity contribution in [2.45, 2.75) is 44.7 Å². The van der Waals surface area contributed by atoms with Gasteiger partial charge in [-0.25, -0.2) is 4.98 Å². The van der Waals surface area contributed by atoms with Crippen LogP contribution in [0, 0.1) is 0 Å². The van der Waals surface area contributed by atoms with Crippen LogP contribution in [0.5, 0.6) is 0 Å². The molecule has 3 nitrogen and oxygen atoms in total. The Morgan fingerprint density at radius 2 is 2.44 bits per heavy atom. The van der Waals surface area contributed by atoms with Crippen molar-refractivity contribution in [2.75, 3.05) is 13.2 Å². The standard InChI is InChI=1S/C12H18N2OS/c1-8(13-9-5-6-15-7-9)12-14-10-3-2-4-11(10)16-12/h8-9,13H,2-7H2,1H3. The van der Waals surface area contributed by atoms with Gasteiger partial charge >= 0.3 is 0 Å². The summed E-state index contributed by atoms with van der Waals surface area (Å²) >= 11 is 1.90. The lowest BCUT2D eigenvalue weighted by atomic mass is 10.2. The number of aromatic nitrogens is 1. The zero-order valence-corrected chi connectivity index (χ0v) is 10.5. The van der Waals surface area contributed by atoms with Gasteiger partial charge in [0.05, 0.1) is 18.3 Å². The van der Waals surface area contributed by atoms with Gasteiger partial charge in [-0.05, 0) is 32.6 Å². The topological polar surface area (TPSA) is 34.1 Å². The van der Waals surface area contributed by atoms with Crippen molar-refractivity contribution in [1.82, 2.24) is 10.3 Å². The maximum Gasteiger partial charge on any atom is 0.110 e. The highest BCUT2D eigenvalue weighted by Crippen LogP contribution is 2.30. The molecule has 16 heavy (non-hydrogen) atoms. The Labute approximate surface area is 100 Å². The predicted octanol–water partition coefficient (Wildman–Crippen LogP) is 2.07. The molecule has 0 bridgehead atoms. The van der Waals surface area contributed by atoms with Crippen molar-refractivity contribution < 1.29 is 4.74 Å². The average molecular weight is 238 g/mol. The molecule has 1 aromatic heterocycles. The maximum atomic E-state index is 5.38. The second kappa shape index (κ2) is 4.43. The fraction of sp³-hybridized carbons (Fsp3) is 0.750. The average Bonchev–Trinajstić information content (AvgIpc) is 2.91. The molecule has 3 rings (SSSR count). The SMILES string of the molecule is CC(NC1CCOC1)c1nc2c(s1)CCC2. The molecule has 0 spiro atoms. The van der Waals surface area contributed by atoms with E-state index in [0.717, 1.165) is 19.6 Å². The number of thiazole rings is 1. The van der Waals surface area contributed by atoms with E-state index >= 15 is 0 Å². The molecule has 0 amide bonds. The maximum absolute atomic E-state index is 5.38. The normalized spacial score (nSPS) is 25.9. The highest BCUT2D eigenvalue weighted by atomic mass is 32.1. The lowest BCUT2D eigenvalue weighted by Crippen LogP contribution is -2.31. The number of hydrogen-bond acceptors (Lipinski definition) is 4. The van der Waals surface area contributed by atoms with E-state index in [-0.39, 0.29) is 0 Å². The van der Waals surface area contributed by atoms with E-state index in [1.54, 1.807) is 0 Å². The smallest absolute Gasteiger partial charge is 0.110 e. The van der Waals surface area contributed by atoms with Crippen molar-refractivity contribution in [2.24, 2.45) is 0 Å². The molecule has 0 saturated carbocycles. The number of rotatable bonds is 3. The number of aryl methyl sites for hydroxylation is 2. The summed E-state index contributed by atoms with van der Waals surface area (Å²) < 4.78 is 5.38. The van der Waals surface area contributed by atoms with Gasteiger partial charge in [-0.1, -0.05) is 0 Å². The second-order valence-electron chi connectivity index (χ2n) is 4.72. The summed E-state index contributed by atoms with van der Waals surface area (Å²) in [7, 11) is 0. The molecule has 2 unspecified atom stereocenters. The molecular weight excluding hydrogens is 220 g/mol. The summed E-state index contributed by atoms with van der Waals surface area (Å²) in [6.45, 7) is 3.97. The first kappa shape index (κ1) is 10.7. The summed E-state index contributed by atoms with van der Waals surface area (Å²) in [6, 6.07) is 0.899. The van der Waals surface area contributed by atoms with E-state index in [2.05, 4.69) is 12.2 Å². The van der Waals surface area contributed by atoms with E-state index in [1.807, 2.05) is 11.3 Å². The van der Waals surface area contributed by atoms with Crippen LogP contribution in [0.4, 0.5) is 0 Å². The molecule has 88 valence electrons. The Kier molecular flexibility index (Phi) is 2.96. The van der Waals surface area contributed by atoms with E-state index < -0.39 is 0 Å². The Bertz CT molecular complexity index is 350. The van der Waals surface area contributed by atoms with E-state index in [1.165, 1.54) is 34.8 Å². The van der Waals surface area contributed by atoms with Gasteiger partial charge in [0.2, 0.25) is 0 Å². The van der Waals surface area contributed by atoms with Gasteiger partial charge in [0, 0.05) is 17.5 Å². The van der Waals surface area contributed by atoms with Crippen molar-refractivity contribution in [3.8, 4) is 0 Å². The van der Waals surface area contributed by atoms with Crippen LogP contribution in [0.1, 0.15) is 41.4 Å². The lowest BCUT2D eigenvalue weighted by Gasteiger charge is -2.15. The molecular formula is C12H18N2OS. The molecule has 2 atom stereocenters. The summed E-state index contributed by atoms with van der Waals surface area (Å²) in [4.78, 5) is 6.27. The summed E-state index contributed by atoms with van der Waals surface area (Å²) in [5.74, 6) is 0. The Morgan fingerprint density at radius 1 is 1.50 bits per heavy atom. The highest BCUT2D eigenvalue weighted by molar-refractivity contribution is 7.11. The van der Waals surface area contributed by atoms with Crippen molar-refractivity contribution >= 4 is 11.3 Å². The molecule has 1 aliphatic carbocycles. The van der Waals surface area contributed by atoms with Crippen LogP contribution >= 0.6 is 11.3 Å². The van der Waals surface area contributed by atoms with Crippen LogP contribution < -0.4 is 5.32 Å². The fourth-order valence-electron chi connectivity index (χ4n) is 2.49. The molecule has 1 aromatic rings. The number of fused-ring (bicyclic) bond motifs is 1. The molecule has 1 fully saturated rings. The van der Waals surface area contributed by atoms with E-state index in [4.69, 9.17) is 9.72 Å². The van der Waals surface area contributed by atoms with Crippen molar-refractivity contribution in [3.63, 3.8) is 0 Å². The predicted molar refractivity (Wildman–Crippen MR) is 64.9 cm³/mol. The van der Waals surface area contributed by atoms with Crippen LogP contribution in [0.3, 0.4) is 0 Å². The molecule has 1 aliphatic heterocycles. The number of hydrogen-bond donors (Lipinski definition) is 1. The Hall–Kier alpha value is -0.450. The van der Waals surface area contributed by atoms with Gasteiger partial charge in [-0.15, -0.1) is 11.3 Å². The third-order valence-electron chi connectivity index (χ3n) is 3.40. The molecule has 4 heteroatoms. The molecule has 2 heterocycles. The van der Waals surface area contributed by atoms with Crippen LogP contribution in [0.15, 0.2) is 0 Å². The zero-order valence-electron chi connectivity index (χ0n) is 9.66. The van der Waals surface area contributed by atoms with Crippen LogP contribution in [0.25, 0.3) is 0 Å². The molecule has 0 radical (unpaired) electrons. The molecule has 2 aliphatic rings. The van der Waals surface area contributed by atoms with Crippen LogP contribution in [-0.2, 0) is 17.6 Å². The van der Waals surface area contributed by atoms with Gasteiger partial charge in [0.1, 0.15) is 5.01 Å². The van der Waals surface area contributed by atoms with Gasteiger partial charge in [-0.2, -0.15) is 0 Å². The second-order valence-corrected chi connectivity index (χ2v) is 5.84. The minimum absolute atomic E-state index is 0.377. The molecule has 1 saturated heterocycles. The first-order valence-electron chi connectivity index (χ1n) is 6.15. The zero-order chi connectivity index (χ0) is 11.0. The first-order chi connectivity index (χ1) is 7.83. The summed E-state index contributed by atoms with van der Waals surface area (Å²) in [6.07, 6.45) is 4.86. The van der Waals surface area contributed by atoms with Gasteiger partial charge in [0.15, 0.2) is 0 Å². The third-order valence-corrected chi connectivity index (χ3v) is 4.74. The van der Waals surface area contributed by atoms with E-state index in [9.17, 15) is 0 Å². The summed E-state index contributed by atoms with van der Waals surface area (Å²) in [5.41, 5.74) is 1.36. The minimum atomic E-state index is 0.377. The van der Waals surface area contributed by atoms with Crippen molar-refractivity contribution in [1.29, 1.82) is 0 Å². The Balaban J connectivity index is 1.66. The lowest BCUT2D eigenvalue weighted by molar-refractivity contribution is 0.188. The van der Waals surface area contributed by atoms with Gasteiger partial charge in [0.25, 0.3) is 0 Å². The molecule has 1 N–H and O–H groups in total. The minimum Gasteiger partial charge on any atom is -0.380 e. The molecule has 0 aromatic carbocycles. The quantitative estimate of drug-likeness (QED) is 0.875. The Morgan fingerprint density at radius 3 is 3.19 bits per heavy atom. The number of nitrogens with one attached hydrogen (secondary N) is 1. The van der Waals surface area contributed by atoms with Crippen molar-refractivity contribution in [3.05, 3.63) is 15.6 Å². The van der Waals surface area contributed by atoms with Gasteiger partial charge < -0.3 is 10.1 Å². The fourth-order valence-corrected chi connectivity index (χ4v) is 3.65. The third kappa shape index (κ3) is 2.01.